The van der Waals surface area contributed by atoms with Crippen LogP contribution in [-0.2, 0) is 14.3 Å². The molecule has 23 heavy (non-hydrogen) atoms. The van der Waals surface area contributed by atoms with Crippen LogP contribution in [0.25, 0.3) is 0 Å². The van der Waals surface area contributed by atoms with Gasteiger partial charge in [0.15, 0.2) is 0 Å². The van der Waals surface area contributed by atoms with E-state index in [2.05, 4.69) is 13.8 Å². The van der Waals surface area contributed by atoms with Gasteiger partial charge in [-0.2, -0.15) is 0 Å². The Morgan fingerprint density at radius 1 is 0.913 bits per heavy atom. The van der Waals surface area contributed by atoms with Gasteiger partial charge >= 0.3 is 0 Å². The summed E-state index contributed by atoms with van der Waals surface area (Å²) in [6, 6.07) is 0. The summed E-state index contributed by atoms with van der Waals surface area (Å²) in [7, 11) is 0. The van der Waals surface area contributed by atoms with Crippen LogP contribution in [0.5, 0.6) is 0 Å². The van der Waals surface area contributed by atoms with Crippen LogP contribution in [0.1, 0.15) is 61.8 Å². The minimum Gasteiger partial charge on any atom is -0.374 e. The molecule has 0 aromatic rings. The zero-order chi connectivity index (χ0) is 17.9. The summed E-state index contributed by atoms with van der Waals surface area (Å²) >= 11 is 0. The van der Waals surface area contributed by atoms with Crippen molar-refractivity contribution in [2.45, 2.75) is 67.4 Å². The third kappa shape index (κ3) is 4.90. The second kappa shape index (κ2) is 7.61. The number of hydrogen-bond donors (Lipinski definition) is 0. The van der Waals surface area contributed by atoms with Crippen molar-refractivity contribution in [3.63, 3.8) is 0 Å². The average molecular weight is 323 g/mol. The number of hydrogen-bond acceptors (Lipinski definition) is 3. The van der Waals surface area contributed by atoms with E-state index in [1.165, 1.54) is 4.90 Å². The Labute approximate surface area is 141 Å². The lowest BCUT2D eigenvalue weighted by Gasteiger charge is -2.30. The van der Waals surface area contributed by atoms with E-state index in [9.17, 15) is 9.59 Å². The summed E-state index contributed by atoms with van der Waals surface area (Å²) in [4.78, 5) is 26.8. The van der Waals surface area contributed by atoms with Crippen LogP contribution in [0.2, 0.25) is 0 Å². The zero-order valence-corrected chi connectivity index (χ0v) is 16.0. The summed E-state index contributed by atoms with van der Waals surface area (Å²) in [6.07, 6.45) is 0.970. The Kier molecular flexibility index (Phi) is 6.58. The number of nitrogens with zero attached hydrogens (tertiary/aromatic N) is 1. The number of amides is 2. The maximum absolute atomic E-state index is 12.7. The van der Waals surface area contributed by atoms with Crippen molar-refractivity contribution >= 4 is 11.8 Å². The van der Waals surface area contributed by atoms with Gasteiger partial charge in [0.2, 0.25) is 0 Å². The van der Waals surface area contributed by atoms with E-state index in [-0.39, 0.29) is 23.7 Å². The van der Waals surface area contributed by atoms with Crippen LogP contribution >= 0.6 is 0 Å². The van der Waals surface area contributed by atoms with E-state index in [4.69, 9.17) is 4.74 Å². The summed E-state index contributed by atoms with van der Waals surface area (Å²) in [5.41, 5.74) is 0.806. The highest BCUT2D eigenvalue weighted by molar-refractivity contribution is 6.19. The average Bonchev–Trinajstić information content (AvgIpc) is 2.62. The maximum atomic E-state index is 12.7. The number of ether oxygens (including phenoxy) is 1. The normalized spacial score (nSPS) is 16.7. The minimum atomic E-state index is -0.533. The lowest BCUT2D eigenvalue weighted by Crippen LogP contribution is -2.45. The molecule has 132 valence electrons. The number of carbonyl (C=O) groups is 2. The molecule has 0 saturated carbocycles. The molecule has 1 rings (SSSR count). The molecule has 4 heteroatoms. The topological polar surface area (TPSA) is 46.6 Å². The second-order valence-corrected chi connectivity index (χ2v) is 8.12. The molecule has 0 unspecified atom stereocenters. The molecule has 0 atom stereocenters. The van der Waals surface area contributed by atoms with Crippen LogP contribution in [0.15, 0.2) is 11.1 Å². The first-order valence-corrected chi connectivity index (χ1v) is 8.72. The summed E-state index contributed by atoms with van der Waals surface area (Å²) < 4.78 is 5.93. The Bertz CT molecular complexity index is 457. The molecule has 0 bridgehead atoms. The predicted octanol–water partition coefficient (Wildman–Crippen LogP) is 3.81. The molecule has 4 nitrogen and oxygen atoms in total. The van der Waals surface area contributed by atoms with Crippen molar-refractivity contribution in [3.05, 3.63) is 11.1 Å². The van der Waals surface area contributed by atoms with E-state index in [0.717, 1.165) is 6.42 Å². The van der Waals surface area contributed by atoms with Gasteiger partial charge in [0.1, 0.15) is 0 Å². The molecule has 0 aromatic carbocycles. The fourth-order valence-corrected chi connectivity index (χ4v) is 2.87. The minimum absolute atomic E-state index is 0.0545. The van der Waals surface area contributed by atoms with E-state index < -0.39 is 5.60 Å². The highest BCUT2D eigenvalue weighted by atomic mass is 16.5. The van der Waals surface area contributed by atoms with Crippen molar-refractivity contribution < 1.29 is 14.3 Å². The Morgan fingerprint density at radius 2 is 1.35 bits per heavy atom. The van der Waals surface area contributed by atoms with Crippen molar-refractivity contribution in [1.29, 1.82) is 0 Å². The molecule has 0 spiro atoms. The van der Waals surface area contributed by atoms with Gasteiger partial charge < -0.3 is 4.74 Å². The van der Waals surface area contributed by atoms with E-state index in [1.807, 2.05) is 41.5 Å². The number of carbonyl (C=O) groups excluding carboxylic acids is 2. The first kappa shape index (κ1) is 19.9. The first-order chi connectivity index (χ1) is 10.5. The molecule has 0 aromatic heterocycles. The molecule has 1 heterocycles. The van der Waals surface area contributed by atoms with E-state index in [0.29, 0.717) is 30.2 Å². The Morgan fingerprint density at radius 3 is 1.70 bits per heavy atom. The highest BCUT2D eigenvalue weighted by Crippen LogP contribution is 2.32. The van der Waals surface area contributed by atoms with Gasteiger partial charge in [-0.25, -0.2) is 0 Å². The van der Waals surface area contributed by atoms with Gasteiger partial charge in [-0.05, 0) is 38.0 Å². The monoisotopic (exact) mass is 323 g/mol. The van der Waals surface area contributed by atoms with Crippen LogP contribution in [0.4, 0.5) is 0 Å². The predicted molar refractivity (Wildman–Crippen MR) is 92.9 cm³/mol. The van der Waals surface area contributed by atoms with E-state index in [1.54, 1.807) is 0 Å². The van der Waals surface area contributed by atoms with Crippen LogP contribution in [0.3, 0.4) is 0 Å². The van der Waals surface area contributed by atoms with Gasteiger partial charge in [0.05, 0.1) is 12.1 Å². The van der Waals surface area contributed by atoms with Crippen molar-refractivity contribution in [1.82, 2.24) is 4.90 Å². The van der Waals surface area contributed by atoms with Crippen LogP contribution in [-0.4, -0.2) is 35.5 Å². The molecule has 0 saturated heterocycles. The van der Waals surface area contributed by atoms with Crippen molar-refractivity contribution in [2.24, 2.45) is 17.8 Å². The number of rotatable bonds is 8. The summed E-state index contributed by atoms with van der Waals surface area (Å²) in [6.45, 7) is 17.0. The van der Waals surface area contributed by atoms with Crippen LogP contribution in [0, 0.1) is 17.8 Å². The molecule has 0 radical (unpaired) electrons. The molecular weight excluding hydrogens is 290 g/mol. The van der Waals surface area contributed by atoms with E-state index >= 15 is 0 Å². The summed E-state index contributed by atoms with van der Waals surface area (Å²) in [5.74, 6) is 0.392. The third-order valence-corrected chi connectivity index (χ3v) is 4.12. The van der Waals surface area contributed by atoms with Gasteiger partial charge in [-0.3, -0.25) is 14.5 Å². The van der Waals surface area contributed by atoms with Gasteiger partial charge in [-0.15, -0.1) is 0 Å². The van der Waals surface area contributed by atoms with Gasteiger partial charge in [0, 0.05) is 17.8 Å². The highest BCUT2D eigenvalue weighted by Gasteiger charge is 2.42. The Hall–Kier alpha value is -1.16. The fourth-order valence-electron chi connectivity index (χ4n) is 2.87. The molecule has 2 amide bonds. The zero-order valence-electron chi connectivity index (χ0n) is 16.0. The third-order valence-electron chi connectivity index (χ3n) is 4.12. The van der Waals surface area contributed by atoms with Gasteiger partial charge in [0.25, 0.3) is 11.8 Å². The molecule has 1 aliphatic rings. The van der Waals surface area contributed by atoms with Crippen LogP contribution < -0.4 is 0 Å². The van der Waals surface area contributed by atoms with Crippen molar-refractivity contribution in [2.75, 3.05) is 13.2 Å². The molecule has 0 N–H and O–H groups in total. The first-order valence-electron chi connectivity index (χ1n) is 8.72. The smallest absolute Gasteiger partial charge is 0.257 e. The molecule has 1 aliphatic heterocycles. The van der Waals surface area contributed by atoms with Crippen molar-refractivity contribution in [3.8, 4) is 0 Å². The van der Waals surface area contributed by atoms with Gasteiger partial charge in [-0.1, -0.05) is 41.5 Å². The SMILES string of the molecule is CC(C)CCOC(C)(C)CN1C(=O)C(C(C)C)=C(C(C)C)C1=O. The lowest BCUT2D eigenvalue weighted by molar-refractivity contribution is -0.143. The largest absolute Gasteiger partial charge is 0.374 e. The summed E-state index contributed by atoms with van der Waals surface area (Å²) in [5, 5.41) is 0. The lowest BCUT2D eigenvalue weighted by atomic mass is 9.92. The standard InChI is InChI=1S/C19H33NO3/c1-12(2)9-10-23-19(7,8)11-20-17(21)15(13(3)4)16(14(5)6)18(20)22/h12-14H,9-11H2,1-8H3. The second-order valence-electron chi connectivity index (χ2n) is 8.12. The fraction of sp³-hybridized carbons (Fsp3) is 0.789. The molecular formula is C19H33NO3. The molecule has 0 aliphatic carbocycles. The Balaban J connectivity index is 2.87. The number of imide groups is 1. The quantitative estimate of drug-likeness (QED) is 0.638. The maximum Gasteiger partial charge on any atom is 0.257 e. The molecule has 0 fully saturated rings.